The Morgan fingerprint density at radius 2 is 1.85 bits per heavy atom. The summed E-state index contributed by atoms with van der Waals surface area (Å²) in [5, 5.41) is 5.87. The Bertz CT molecular complexity index is 989. The minimum atomic E-state index is -0.355. The average Bonchev–Trinajstić information content (AvgIpc) is 2.80. The van der Waals surface area contributed by atoms with Crippen LogP contribution in [0.3, 0.4) is 0 Å². The highest BCUT2D eigenvalue weighted by Crippen LogP contribution is 2.24. The van der Waals surface area contributed by atoms with E-state index in [0.29, 0.717) is 35.1 Å². The largest absolute Gasteiger partial charge is 0.493 e. The molecule has 2 aromatic rings. The van der Waals surface area contributed by atoms with Gasteiger partial charge in [-0.3, -0.25) is 14.9 Å². The maximum atomic E-state index is 12.8. The molecule has 1 aliphatic rings. The second-order valence-electron chi connectivity index (χ2n) is 8.30. The van der Waals surface area contributed by atoms with Crippen LogP contribution in [0, 0.1) is 5.92 Å². The Morgan fingerprint density at radius 3 is 2.52 bits per heavy atom. The fraction of sp³-hybridized carbons (Fsp3) is 0.400. The van der Waals surface area contributed by atoms with Gasteiger partial charge in [-0.25, -0.2) is 0 Å². The van der Waals surface area contributed by atoms with Crippen molar-refractivity contribution in [3.8, 4) is 5.75 Å². The number of nitrogens with one attached hydrogen (secondary N) is 2. The SMILES string of the molecule is CCCCOc1ccc(Br)cc1C(=O)NC(=S)Nc1ccc(C(=O)N2CCC(C)CC2)cc1. The summed E-state index contributed by atoms with van der Waals surface area (Å²) < 4.78 is 6.54. The molecule has 0 saturated carbocycles. The molecule has 1 saturated heterocycles. The van der Waals surface area contributed by atoms with Crippen LogP contribution in [0.5, 0.6) is 5.75 Å². The van der Waals surface area contributed by atoms with E-state index in [0.717, 1.165) is 43.2 Å². The maximum absolute atomic E-state index is 12.8. The molecule has 0 unspecified atom stereocenters. The number of anilines is 1. The molecule has 0 atom stereocenters. The number of rotatable bonds is 7. The van der Waals surface area contributed by atoms with Gasteiger partial charge in [0.05, 0.1) is 12.2 Å². The first-order chi connectivity index (χ1) is 15.9. The van der Waals surface area contributed by atoms with Crippen LogP contribution < -0.4 is 15.4 Å². The summed E-state index contributed by atoms with van der Waals surface area (Å²) in [5.74, 6) is 0.885. The van der Waals surface area contributed by atoms with E-state index in [4.69, 9.17) is 17.0 Å². The second kappa shape index (κ2) is 12.1. The quantitative estimate of drug-likeness (QED) is 0.358. The molecule has 0 aliphatic carbocycles. The van der Waals surface area contributed by atoms with Gasteiger partial charge in [0.25, 0.3) is 11.8 Å². The lowest BCUT2D eigenvalue weighted by molar-refractivity contribution is 0.0697. The van der Waals surface area contributed by atoms with Crippen LogP contribution in [0.2, 0.25) is 0 Å². The third-order valence-corrected chi connectivity index (χ3v) is 6.33. The summed E-state index contributed by atoms with van der Waals surface area (Å²) in [6, 6.07) is 12.4. The molecule has 0 bridgehead atoms. The van der Waals surface area contributed by atoms with Gasteiger partial charge in [-0.1, -0.05) is 36.2 Å². The Kier molecular flexibility index (Phi) is 9.26. The van der Waals surface area contributed by atoms with E-state index in [-0.39, 0.29) is 16.9 Å². The van der Waals surface area contributed by atoms with Crippen molar-refractivity contribution >= 4 is 50.8 Å². The first-order valence-electron chi connectivity index (χ1n) is 11.3. The molecule has 3 rings (SSSR count). The number of halogens is 1. The monoisotopic (exact) mass is 531 g/mol. The normalized spacial score (nSPS) is 14.0. The predicted molar refractivity (Wildman–Crippen MR) is 139 cm³/mol. The number of thiocarbonyl (C=S) groups is 1. The van der Waals surface area contributed by atoms with Crippen molar-refractivity contribution in [3.05, 3.63) is 58.1 Å². The van der Waals surface area contributed by atoms with Crippen LogP contribution in [0.1, 0.15) is 60.2 Å². The Labute approximate surface area is 209 Å². The highest BCUT2D eigenvalue weighted by Gasteiger charge is 2.21. The number of amides is 2. The molecule has 1 heterocycles. The Hall–Kier alpha value is -2.45. The molecule has 0 aromatic heterocycles. The number of unbranched alkanes of at least 4 members (excludes halogenated alkanes) is 1. The van der Waals surface area contributed by atoms with Gasteiger partial charge in [-0.2, -0.15) is 0 Å². The average molecular weight is 533 g/mol. The van der Waals surface area contributed by atoms with Crippen LogP contribution in [0.15, 0.2) is 46.9 Å². The molecular formula is C25H30BrN3O3S. The number of benzene rings is 2. The molecule has 2 amide bonds. The first-order valence-corrected chi connectivity index (χ1v) is 12.5. The predicted octanol–water partition coefficient (Wildman–Crippen LogP) is 5.63. The molecule has 0 radical (unpaired) electrons. The minimum absolute atomic E-state index is 0.0505. The molecular weight excluding hydrogens is 502 g/mol. The molecule has 33 heavy (non-hydrogen) atoms. The van der Waals surface area contributed by atoms with Gasteiger partial charge in [0.15, 0.2) is 5.11 Å². The molecule has 1 aliphatic heterocycles. The Balaban J connectivity index is 1.58. The molecule has 2 N–H and O–H groups in total. The maximum Gasteiger partial charge on any atom is 0.261 e. The van der Waals surface area contributed by atoms with Gasteiger partial charge < -0.3 is 15.0 Å². The first kappa shape index (κ1) is 25.2. The van der Waals surface area contributed by atoms with Crippen molar-refractivity contribution in [2.45, 2.75) is 39.5 Å². The lowest BCUT2D eigenvalue weighted by Gasteiger charge is -2.30. The minimum Gasteiger partial charge on any atom is -0.493 e. The number of likely N-dealkylation sites (tertiary alicyclic amines) is 1. The highest BCUT2D eigenvalue weighted by atomic mass is 79.9. The summed E-state index contributed by atoms with van der Waals surface area (Å²) in [5.41, 5.74) is 1.74. The fourth-order valence-electron chi connectivity index (χ4n) is 3.56. The van der Waals surface area contributed by atoms with Crippen molar-refractivity contribution in [3.63, 3.8) is 0 Å². The van der Waals surface area contributed by atoms with E-state index < -0.39 is 0 Å². The molecule has 0 spiro atoms. The van der Waals surface area contributed by atoms with Gasteiger partial charge in [0.2, 0.25) is 0 Å². The van der Waals surface area contributed by atoms with Crippen LogP contribution >= 0.6 is 28.1 Å². The highest BCUT2D eigenvalue weighted by molar-refractivity contribution is 9.10. The standard InChI is InChI=1S/C25H30BrN3O3S/c1-3-4-15-32-22-10-7-19(26)16-21(22)23(30)28-25(33)27-20-8-5-18(6-9-20)24(31)29-13-11-17(2)12-14-29/h5-10,16-17H,3-4,11-15H2,1-2H3,(H2,27,28,30,33). The number of nitrogens with zero attached hydrogens (tertiary/aromatic N) is 1. The van der Waals surface area contributed by atoms with E-state index in [9.17, 15) is 9.59 Å². The van der Waals surface area contributed by atoms with E-state index in [1.54, 1.807) is 36.4 Å². The van der Waals surface area contributed by atoms with Gasteiger partial charge >= 0.3 is 0 Å². The van der Waals surface area contributed by atoms with Gasteiger partial charge in [0, 0.05) is 28.8 Å². The van der Waals surface area contributed by atoms with Gasteiger partial charge in [-0.15, -0.1) is 0 Å². The zero-order chi connectivity index (χ0) is 23.8. The van der Waals surface area contributed by atoms with Crippen LogP contribution in [-0.4, -0.2) is 41.5 Å². The lowest BCUT2D eigenvalue weighted by Crippen LogP contribution is -2.37. The third-order valence-electron chi connectivity index (χ3n) is 5.63. The van der Waals surface area contributed by atoms with Crippen molar-refractivity contribution in [1.29, 1.82) is 0 Å². The number of piperidine rings is 1. The van der Waals surface area contributed by atoms with Crippen molar-refractivity contribution in [1.82, 2.24) is 10.2 Å². The summed E-state index contributed by atoms with van der Waals surface area (Å²) in [7, 11) is 0. The van der Waals surface area contributed by atoms with Crippen molar-refractivity contribution in [2.24, 2.45) is 5.92 Å². The summed E-state index contributed by atoms with van der Waals surface area (Å²) >= 11 is 8.72. The van der Waals surface area contributed by atoms with E-state index in [2.05, 4.69) is 40.4 Å². The van der Waals surface area contributed by atoms with Gasteiger partial charge in [0.1, 0.15) is 5.75 Å². The summed E-state index contributed by atoms with van der Waals surface area (Å²) in [6.07, 6.45) is 4.01. The Morgan fingerprint density at radius 1 is 1.15 bits per heavy atom. The van der Waals surface area contributed by atoms with Gasteiger partial charge in [-0.05, 0) is 79.9 Å². The molecule has 6 nitrogen and oxygen atoms in total. The summed E-state index contributed by atoms with van der Waals surface area (Å²) in [6.45, 7) is 6.45. The third kappa shape index (κ3) is 7.27. The van der Waals surface area contributed by atoms with E-state index >= 15 is 0 Å². The number of carbonyl (C=O) groups excluding carboxylic acids is 2. The number of ether oxygens (including phenoxy) is 1. The fourth-order valence-corrected chi connectivity index (χ4v) is 4.13. The van der Waals surface area contributed by atoms with Crippen LogP contribution in [0.4, 0.5) is 5.69 Å². The topological polar surface area (TPSA) is 70.7 Å². The van der Waals surface area contributed by atoms with Crippen LogP contribution in [-0.2, 0) is 0 Å². The molecule has 1 fully saturated rings. The number of hydrogen-bond acceptors (Lipinski definition) is 4. The summed E-state index contributed by atoms with van der Waals surface area (Å²) in [4.78, 5) is 27.4. The molecule has 176 valence electrons. The zero-order valence-corrected chi connectivity index (χ0v) is 21.4. The van der Waals surface area contributed by atoms with E-state index in [1.807, 2.05) is 11.0 Å². The van der Waals surface area contributed by atoms with Crippen LogP contribution in [0.25, 0.3) is 0 Å². The van der Waals surface area contributed by atoms with Crippen molar-refractivity contribution in [2.75, 3.05) is 25.0 Å². The molecule has 8 heteroatoms. The molecule has 2 aromatic carbocycles. The zero-order valence-electron chi connectivity index (χ0n) is 19.0. The number of carbonyl (C=O) groups is 2. The number of hydrogen-bond donors (Lipinski definition) is 2. The smallest absolute Gasteiger partial charge is 0.261 e. The van der Waals surface area contributed by atoms with Crippen molar-refractivity contribution < 1.29 is 14.3 Å². The lowest BCUT2D eigenvalue weighted by atomic mass is 9.98. The second-order valence-corrected chi connectivity index (χ2v) is 9.63. The van der Waals surface area contributed by atoms with E-state index in [1.165, 1.54) is 0 Å².